The molecule has 0 radical (unpaired) electrons. The summed E-state index contributed by atoms with van der Waals surface area (Å²) in [4.78, 5) is 25.4. The molecular weight excluding hydrogens is 238 g/mol. The van der Waals surface area contributed by atoms with Gasteiger partial charge in [-0.25, -0.2) is 5.84 Å². The first-order valence-electron chi connectivity index (χ1n) is 5.51. The number of nitrogens with two attached hydrogens (primary N) is 1. The number of carbonyl (C=O) groups is 1. The van der Waals surface area contributed by atoms with E-state index in [0.29, 0.717) is 19.0 Å². The van der Waals surface area contributed by atoms with Crippen molar-refractivity contribution in [3.05, 3.63) is 0 Å². The predicted molar refractivity (Wildman–Crippen MR) is 64.0 cm³/mol. The summed E-state index contributed by atoms with van der Waals surface area (Å²) in [6, 6.07) is 0.151. The number of nitrogen functional groups attached to an aromatic ring is 1. The smallest absolute Gasteiger partial charge is 0.322 e. The molecule has 9 heteroatoms. The van der Waals surface area contributed by atoms with Gasteiger partial charge < -0.3 is 15.0 Å². The first-order chi connectivity index (χ1) is 8.72. The van der Waals surface area contributed by atoms with Gasteiger partial charge >= 0.3 is 6.01 Å². The zero-order valence-electron chi connectivity index (χ0n) is 10.0. The summed E-state index contributed by atoms with van der Waals surface area (Å²) in [7, 11) is 1.45. The Morgan fingerprint density at radius 3 is 3.00 bits per heavy atom. The van der Waals surface area contributed by atoms with Gasteiger partial charge in [0.25, 0.3) is 0 Å². The van der Waals surface area contributed by atoms with Gasteiger partial charge in [0.05, 0.1) is 13.7 Å². The second kappa shape index (κ2) is 5.45. The molecular formula is C9H15N7O2. The van der Waals surface area contributed by atoms with E-state index in [9.17, 15) is 4.79 Å². The molecule has 0 atom stereocenters. The Bertz CT molecular complexity index is 417. The lowest BCUT2D eigenvalue weighted by atomic mass is 10.4. The normalized spacial score (nSPS) is 15.9. The second-order valence-corrected chi connectivity index (χ2v) is 3.72. The molecule has 0 unspecified atom stereocenters. The molecule has 1 amide bonds. The average Bonchev–Trinajstić information content (AvgIpc) is 2.62. The predicted octanol–water partition coefficient (Wildman–Crippen LogP) is -1.51. The van der Waals surface area contributed by atoms with E-state index >= 15 is 0 Å². The van der Waals surface area contributed by atoms with E-state index < -0.39 is 0 Å². The van der Waals surface area contributed by atoms with E-state index in [2.05, 4.69) is 25.7 Å². The molecule has 0 aliphatic carbocycles. The van der Waals surface area contributed by atoms with E-state index in [0.717, 1.165) is 6.42 Å². The summed E-state index contributed by atoms with van der Waals surface area (Å²) in [5, 5.41) is 2.78. The molecule has 0 spiro atoms. The highest BCUT2D eigenvalue weighted by molar-refractivity contribution is 5.81. The lowest BCUT2D eigenvalue weighted by molar-refractivity contribution is -0.119. The van der Waals surface area contributed by atoms with Crippen LogP contribution < -0.4 is 26.2 Å². The highest BCUT2D eigenvalue weighted by Crippen LogP contribution is 2.15. The zero-order chi connectivity index (χ0) is 13.0. The van der Waals surface area contributed by atoms with Gasteiger partial charge in [-0.3, -0.25) is 10.2 Å². The van der Waals surface area contributed by atoms with Crippen molar-refractivity contribution in [1.82, 2.24) is 20.3 Å². The van der Waals surface area contributed by atoms with Crippen molar-refractivity contribution in [2.75, 3.05) is 37.1 Å². The summed E-state index contributed by atoms with van der Waals surface area (Å²) in [5.74, 6) is 5.78. The molecule has 1 aliphatic heterocycles. The molecule has 2 rings (SSSR count). The number of methoxy groups -OCH3 is 1. The van der Waals surface area contributed by atoms with E-state index in [-0.39, 0.29) is 24.4 Å². The van der Waals surface area contributed by atoms with Crippen LogP contribution in [-0.2, 0) is 4.79 Å². The van der Waals surface area contributed by atoms with Crippen LogP contribution in [0.15, 0.2) is 0 Å². The van der Waals surface area contributed by atoms with Gasteiger partial charge in [-0.1, -0.05) is 0 Å². The second-order valence-electron chi connectivity index (χ2n) is 3.72. The molecule has 0 aromatic carbocycles. The number of aromatic nitrogens is 3. The maximum absolute atomic E-state index is 11.5. The van der Waals surface area contributed by atoms with Crippen molar-refractivity contribution in [1.29, 1.82) is 0 Å². The number of rotatable bonds is 3. The van der Waals surface area contributed by atoms with Crippen LogP contribution in [0.5, 0.6) is 6.01 Å². The summed E-state index contributed by atoms with van der Waals surface area (Å²) in [6.07, 6.45) is 0.825. The monoisotopic (exact) mass is 253 g/mol. The van der Waals surface area contributed by atoms with Gasteiger partial charge in [-0.15, -0.1) is 0 Å². The highest BCUT2D eigenvalue weighted by Gasteiger charge is 2.19. The SMILES string of the molecule is COc1nc(NN)nc(N2CCCNC(=O)C2)n1. The van der Waals surface area contributed by atoms with E-state index in [1.165, 1.54) is 7.11 Å². The zero-order valence-corrected chi connectivity index (χ0v) is 10.0. The number of anilines is 2. The van der Waals surface area contributed by atoms with E-state index in [4.69, 9.17) is 10.6 Å². The van der Waals surface area contributed by atoms with Crippen LogP contribution in [0.3, 0.4) is 0 Å². The minimum atomic E-state index is -0.0610. The first kappa shape index (κ1) is 12.3. The summed E-state index contributed by atoms with van der Waals surface area (Å²) in [5.41, 5.74) is 2.34. The molecule has 1 fully saturated rings. The number of carbonyl (C=O) groups excluding carboxylic acids is 1. The molecule has 98 valence electrons. The Hall–Kier alpha value is -2.16. The van der Waals surface area contributed by atoms with Crippen LogP contribution in [0.4, 0.5) is 11.9 Å². The Labute approximate surface area is 104 Å². The molecule has 0 saturated carbocycles. The molecule has 4 N–H and O–H groups in total. The minimum Gasteiger partial charge on any atom is -0.467 e. The van der Waals surface area contributed by atoms with Gasteiger partial charge in [0.1, 0.15) is 0 Å². The quantitative estimate of drug-likeness (QED) is 0.439. The van der Waals surface area contributed by atoms with Crippen molar-refractivity contribution in [2.24, 2.45) is 5.84 Å². The van der Waals surface area contributed by atoms with E-state index in [1.54, 1.807) is 4.90 Å². The van der Waals surface area contributed by atoms with Crippen molar-refractivity contribution in [3.63, 3.8) is 0 Å². The van der Waals surface area contributed by atoms with Crippen molar-refractivity contribution >= 4 is 17.8 Å². The number of nitrogens with zero attached hydrogens (tertiary/aromatic N) is 4. The fraction of sp³-hybridized carbons (Fsp3) is 0.556. The van der Waals surface area contributed by atoms with Crippen molar-refractivity contribution < 1.29 is 9.53 Å². The third-order valence-corrected chi connectivity index (χ3v) is 2.46. The van der Waals surface area contributed by atoms with Gasteiger partial charge in [-0.05, 0) is 6.42 Å². The van der Waals surface area contributed by atoms with Gasteiger partial charge in [0.2, 0.25) is 17.8 Å². The Morgan fingerprint density at radius 2 is 2.28 bits per heavy atom. The maximum Gasteiger partial charge on any atom is 0.322 e. The number of hydrazine groups is 1. The molecule has 18 heavy (non-hydrogen) atoms. The lowest BCUT2D eigenvalue weighted by Crippen LogP contribution is -2.34. The van der Waals surface area contributed by atoms with Crippen LogP contribution in [0.25, 0.3) is 0 Å². The van der Waals surface area contributed by atoms with Gasteiger partial charge in [0.15, 0.2) is 0 Å². The Kier molecular flexibility index (Phi) is 3.72. The maximum atomic E-state index is 11.5. The molecule has 9 nitrogen and oxygen atoms in total. The van der Waals surface area contributed by atoms with E-state index in [1.807, 2.05) is 0 Å². The standard InChI is InChI=1S/C9H15N7O2/c1-18-9-13-7(15-10)12-8(14-9)16-4-2-3-11-6(17)5-16/h2-5,10H2,1H3,(H,11,17)(H,12,13,14,15). The van der Waals surface area contributed by atoms with Crippen LogP contribution >= 0.6 is 0 Å². The molecule has 2 heterocycles. The Balaban J connectivity index is 2.27. The number of hydrogen-bond donors (Lipinski definition) is 3. The van der Waals surface area contributed by atoms with Gasteiger partial charge in [-0.2, -0.15) is 15.0 Å². The molecule has 1 aromatic rings. The highest BCUT2D eigenvalue weighted by atomic mass is 16.5. The molecule has 1 aromatic heterocycles. The third kappa shape index (κ3) is 2.74. The van der Waals surface area contributed by atoms with Crippen LogP contribution in [0, 0.1) is 0 Å². The van der Waals surface area contributed by atoms with Gasteiger partial charge in [0, 0.05) is 13.1 Å². The first-order valence-corrected chi connectivity index (χ1v) is 5.51. The lowest BCUT2D eigenvalue weighted by Gasteiger charge is -2.19. The molecule has 1 saturated heterocycles. The van der Waals surface area contributed by atoms with Crippen LogP contribution in [0.1, 0.15) is 6.42 Å². The van der Waals surface area contributed by atoms with Crippen LogP contribution in [-0.4, -0.2) is 47.6 Å². The average molecular weight is 253 g/mol. The van der Waals surface area contributed by atoms with Crippen LogP contribution in [0.2, 0.25) is 0 Å². The summed E-state index contributed by atoms with van der Waals surface area (Å²) < 4.78 is 4.96. The topological polar surface area (TPSA) is 118 Å². The fourth-order valence-electron chi connectivity index (χ4n) is 1.62. The summed E-state index contributed by atoms with van der Waals surface area (Å²) >= 11 is 0. The minimum absolute atomic E-state index is 0.0610. The number of amides is 1. The number of hydrogen-bond acceptors (Lipinski definition) is 8. The Morgan fingerprint density at radius 1 is 1.44 bits per heavy atom. The van der Waals surface area contributed by atoms with Crippen molar-refractivity contribution in [3.8, 4) is 6.01 Å². The van der Waals surface area contributed by atoms with Crippen molar-refractivity contribution in [2.45, 2.75) is 6.42 Å². The fourth-order valence-corrected chi connectivity index (χ4v) is 1.62. The number of nitrogens with one attached hydrogen (secondary N) is 2. The molecule has 0 bridgehead atoms. The number of ether oxygens (including phenoxy) is 1. The third-order valence-electron chi connectivity index (χ3n) is 2.46. The summed E-state index contributed by atoms with van der Waals surface area (Å²) in [6.45, 7) is 1.53. The molecule has 1 aliphatic rings. The largest absolute Gasteiger partial charge is 0.467 e.